The van der Waals surface area contributed by atoms with Crippen molar-refractivity contribution in [2.24, 2.45) is 0 Å². The highest BCUT2D eigenvalue weighted by molar-refractivity contribution is 8.26. The summed E-state index contributed by atoms with van der Waals surface area (Å²) in [5.74, 6) is -0.106. The van der Waals surface area contributed by atoms with E-state index < -0.39 is 0 Å². The fourth-order valence-corrected chi connectivity index (χ4v) is 3.70. The first-order valence-corrected chi connectivity index (χ1v) is 9.08. The molecule has 0 unspecified atom stereocenters. The lowest BCUT2D eigenvalue weighted by Crippen LogP contribution is -2.43. The zero-order valence-electron chi connectivity index (χ0n) is 13.7. The van der Waals surface area contributed by atoms with E-state index in [0.717, 1.165) is 11.8 Å². The summed E-state index contributed by atoms with van der Waals surface area (Å²) in [6.45, 7) is -0.230. The molecule has 2 aromatic rings. The van der Waals surface area contributed by atoms with Gasteiger partial charge in [0, 0.05) is 18.3 Å². The van der Waals surface area contributed by atoms with Gasteiger partial charge in [0.15, 0.2) is 0 Å². The molecule has 2 amide bonds. The first-order chi connectivity index (χ1) is 12.6. The van der Waals surface area contributed by atoms with Crippen molar-refractivity contribution in [2.45, 2.75) is 0 Å². The number of benzene rings is 1. The van der Waals surface area contributed by atoms with E-state index in [-0.39, 0.29) is 31.5 Å². The third-order valence-corrected chi connectivity index (χ3v) is 5.05. The van der Waals surface area contributed by atoms with Crippen molar-refractivity contribution in [3.63, 3.8) is 0 Å². The number of furan rings is 1. The molecule has 0 radical (unpaired) electrons. The first-order valence-electron chi connectivity index (χ1n) is 7.85. The molecule has 1 N–H and O–H groups in total. The standard InChI is InChI=1S/C18H16N2O4S2/c21-9-8-19(13-5-2-1-3-6-13)16(22)12-20-17(23)15(26-18(20)25)11-14-7-4-10-24-14/h1-7,10-11,21H,8-9,12H2/b15-11-. The monoisotopic (exact) mass is 388 g/mol. The molecular weight excluding hydrogens is 372 g/mol. The Morgan fingerprint density at radius 3 is 2.69 bits per heavy atom. The van der Waals surface area contributed by atoms with Crippen LogP contribution in [0.4, 0.5) is 5.69 Å². The highest BCUT2D eigenvalue weighted by Gasteiger charge is 2.34. The van der Waals surface area contributed by atoms with Crippen LogP contribution in [-0.2, 0) is 9.59 Å². The minimum Gasteiger partial charge on any atom is -0.465 e. The van der Waals surface area contributed by atoms with E-state index in [9.17, 15) is 14.7 Å². The number of amides is 2. The molecule has 3 rings (SSSR count). The molecule has 2 heterocycles. The second kappa shape index (κ2) is 8.31. The largest absolute Gasteiger partial charge is 0.465 e. The van der Waals surface area contributed by atoms with E-state index in [1.54, 1.807) is 42.5 Å². The van der Waals surface area contributed by atoms with Gasteiger partial charge in [0.2, 0.25) is 5.91 Å². The molecule has 0 bridgehead atoms. The molecule has 1 fully saturated rings. The number of nitrogens with zero attached hydrogens (tertiary/aromatic N) is 2. The van der Waals surface area contributed by atoms with Crippen molar-refractivity contribution in [1.29, 1.82) is 0 Å². The number of carbonyl (C=O) groups is 2. The predicted molar refractivity (Wildman–Crippen MR) is 104 cm³/mol. The van der Waals surface area contributed by atoms with Gasteiger partial charge in [-0.1, -0.05) is 42.2 Å². The third-order valence-electron chi connectivity index (χ3n) is 3.68. The Kier molecular flexibility index (Phi) is 5.87. The molecule has 0 aliphatic carbocycles. The molecule has 6 nitrogen and oxygen atoms in total. The number of hydrogen-bond donors (Lipinski definition) is 1. The Hall–Kier alpha value is -2.42. The number of para-hydroxylation sites is 1. The zero-order valence-corrected chi connectivity index (χ0v) is 15.3. The summed E-state index contributed by atoms with van der Waals surface area (Å²) >= 11 is 6.38. The number of aliphatic hydroxyl groups is 1. The van der Waals surface area contributed by atoms with Crippen LogP contribution in [0.15, 0.2) is 58.1 Å². The highest BCUT2D eigenvalue weighted by Crippen LogP contribution is 2.32. The highest BCUT2D eigenvalue weighted by atomic mass is 32.2. The van der Waals surface area contributed by atoms with Gasteiger partial charge in [-0.2, -0.15) is 0 Å². The van der Waals surface area contributed by atoms with Crippen molar-refractivity contribution >= 4 is 51.9 Å². The van der Waals surface area contributed by atoms with Crippen molar-refractivity contribution in [3.8, 4) is 0 Å². The SMILES string of the molecule is O=C1/C(=C/c2ccco2)SC(=S)N1CC(=O)N(CCO)c1ccccc1. The van der Waals surface area contributed by atoms with Crippen LogP contribution in [-0.4, -0.2) is 45.8 Å². The van der Waals surface area contributed by atoms with Crippen molar-refractivity contribution in [1.82, 2.24) is 4.90 Å². The lowest BCUT2D eigenvalue weighted by atomic mass is 10.2. The topological polar surface area (TPSA) is 74.0 Å². The fourth-order valence-electron chi connectivity index (χ4n) is 2.47. The summed E-state index contributed by atoms with van der Waals surface area (Å²) in [5, 5.41) is 9.27. The van der Waals surface area contributed by atoms with Gasteiger partial charge in [-0.25, -0.2) is 0 Å². The molecule has 8 heteroatoms. The van der Waals surface area contributed by atoms with Crippen LogP contribution in [0, 0.1) is 0 Å². The van der Waals surface area contributed by atoms with Gasteiger partial charge < -0.3 is 14.4 Å². The van der Waals surface area contributed by atoms with Crippen molar-refractivity contribution in [2.75, 3.05) is 24.6 Å². The van der Waals surface area contributed by atoms with Gasteiger partial charge >= 0.3 is 0 Å². The van der Waals surface area contributed by atoms with Gasteiger partial charge in [-0.3, -0.25) is 14.5 Å². The smallest absolute Gasteiger partial charge is 0.266 e. The second-order valence-corrected chi connectivity index (χ2v) is 7.06. The minimum absolute atomic E-state index is 0.139. The number of carbonyl (C=O) groups excluding carboxylic acids is 2. The fraction of sp³-hybridized carbons (Fsp3) is 0.167. The van der Waals surface area contributed by atoms with E-state index in [1.807, 2.05) is 6.07 Å². The summed E-state index contributed by atoms with van der Waals surface area (Å²) < 4.78 is 5.53. The zero-order chi connectivity index (χ0) is 18.5. The first kappa shape index (κ1) is 18.4. The molecule has 0 atom stereocenters. The van der Waals surface area contributed by atoms with E-state index >= 15 is 0 Å². The lowest BCUT2D eigenvalue weighted by Gasteiger charge is -2.24. The molecular formula is C18H16N2O4S2. The van der Waals surface area contributed by atoms with Crippen LogP contribution in [0.25, 0.3) is 6.08 Å². The van der Waals surface area contributed by atoms with E-state index in [2.05, 4.69) is 0 Å². The van der Waals surface area contributed by atoms with E-state index in [1.165, 1.54) is 16.1 Å². The van der Waals surface area contributed by atoms with Gasteiger partial charge in [0.1, 0.15) is 16.6 Å². The number of hydrogen-bond acceptors (Lipinski definition) is 6. The minimum atomic E-state index is -0.332. The summed E-state index contributed by atoms with van der Waals surface area (Å²) in [6.07, 6.45) is 3.12. The molecule has 134 valence electrons. The Morgan fingerprint density at radius 2 is 2.04 bits per heavy atom. The molecule has 1 aliphatic rings. The number of rotatable bonds is 6. The number of thiocarbonyl (C=S) groups is 1. The summed E-state index contributed by atoms with van der Waals surface area (Å²) in [5.41, 5.74) is 0.656. The Bertz CT molecular complexity index is 834. The lowest BCUT2D eigenvalue weighted by molar-refractivity contribution is -0.127. The summed E-state index contributed by atoms with van der Waals surface area (Å²) in [6, 6.07) is 12.5. The van der Waals surface area contributed by atoms with Gasteiger partial charge in [-0.05, 0) is 24.3 Å². The maximum absolute atomic E-state index is 12.7. The van der Waals surface area contributed by atoms with Crippen LogP contribution in [0.3, 0.4) is 0 Å². The molecule has 26 heavy (non-hydrogen) atoms. The molecule has 1 aromatic heterocycles. The van der Waals surface area contributed by atoms with Crippen LogP contribution < -0.4 is 4.90 Å². The second-order valence-electron chi connectivity index (χ2n) is 5.39. The molecule has 1 aromatic carbocycles. The van der Waals surface area contributed by atoms with Crippen LogP contribution in [0.5, 0.6) is 0 Å². The van der Waals surface area contributed by atoms with Gasteiger partial charge in [0.25, 0.3) is 5.91 Å². The number of anilines is 1. The van der Waals surface area contributed by atoms with Crippen LogP contribution in [0.1, 0.15) is 5.76 Å². The van der Waals surface area contributed by atoms with Crippen molar-refractivity contribution in [3.05, 3.63) is 59.4 Å². The Balaban J connectivity index is 1.75. The third kappa shape index (κ3) is 4.04. The quantitative estimate of drug-likeness (QED) is 0.605. The summed E-state index contributed by atoms with van der Waals surface area (Å²) in [4.78, 5) is 28.4. The Morgan fingerprint density at radius 1 is 1.27 bits per heavy atom. The van der Waals surface area contributed by atoms with Gasteiger partial charge in [-0.15, -0.1) is 0 Å². The molecule has 0 spiro atoms. The van der Waals surface area contributed by atoms with Crippen LogP contribution >= 0.6 is 24.0 Å². The predicted octanol–water partition coefficient (Wildman–Crippen LogP) is 2.51. The number of aliphatic hydroxyl groups excluding tert-OH is 1. The van der Waals surface area contributed by atoms with E-state index in [4.69, 9.17) is 16.6 Å². The summed E-state index contributed by atoms with van der Waals surface area (Å²) in [7, 11) is 0. The number of thioether (sulfide) groups is 1. The van der Waals surface area contributed by atoms with Crippen molar-refractivity contribution < 1.29 is 19.1 Å². The van der Waals surface area contributed by atoms with Crippen LogP contribution in [0.2, 0.25) is 0 Å². The average molecular weight is 388 g/mol. The molecule has 1 saturated heterocycles. The average Bonchev–Trinajstić information content (AvgIpc) is 3.24. The van der Waals surface area contributed by atoms with E-state index in [0.29, 0.717) is 20.7 Å². The van der Waals surface area contributed by atoms with Gasteiger partial charge in [0.05, 0.1) is 17.8 Å². The molecule has 1 aliphatic heterocycles. The normalized spacial score (nSPS) is 15.7. The molecule has 0 saturated carbocycles. The maximum atomic E-state index is 12.7. The Labute approximate surface area is 160 Å². The maximum Gasteiger partial charge on any atom is 0.266 e.